The van der Waals surface area contributed by atoms with E-state index in [9.17, 15) is 0 Å². The lowest BCUT2D eigenvalue weighted by Gasteiger charge is -2.25. The van der Waals surface area contributed by atoms with Gasteiger partial charge in [0.2, 0.25) is 0 Å². The van der Waals surface area contributed by atoms with Gasteiger partial charge in [0.05, 0.1) is 0 Å². The Kier molecular flexibility index (Phi) is 7.14. The first-order valence-corrected chi connectivity index (χ1v) is 7.20. The van der Waals surface area contributed by atoms with Crippen LogP contribution in [0.15, 0.2) is 24.3 Å². The zero-order chi connectivity index (χ0) is 13.4. The van der Waals surface area contributed by atoms with Gasteiger partial charge in [0.1, 0.15) is 11.9 Å². The molecule has 0 aromatic heterocycles. The molecule has 2 atom stereocenters. The molecule has 0 fully saturated rings. The monoisotopic (exact) mass is 269 g/mol. The molecule has 2 unspecified atom stereocenters. The number of rotatable bonds is 8. The SMILES string of the molecule is CCCNC(CCC)C(C)Oc1cccc(Cl)c1. The van der Waals surface area contributed by atoms with Crippen LogP contribution in [0.2, 0.25) is 5.02 Å². The Labute approximate surface area is 116 Å². The van der Waals surface area contributed by atoms with E-state index in [2.05, 4.69) is 26.1 Å². The Morgan fingerprint density at radius 2 is 2.06 bits per heavy atom. The molecule has 0 saturated heterocycles. The van der Waals surface area contributed by atoms with Crippen LogP contribution in [0.25, 0.3) is 0 Å². The number of halogens is 1. The van der Waals surface area contributed by atoms with Gasteiger partial charge in [-0.1, -0.05) is 37.9 Å². The van der Waals surface area contributed by atoms with Crippen LogP contribution >= 0.6 is 11.6 Å². The van der Waals surface area contributed by atoms with Crippen molar-refractivity contribution >= 4 is 11.6 Å². The van der Waals surface area contributed by atoms with Gasteiger partial charge in [-0.15, -0.1) is 0 Å². The molecule has 0 spiro atoms. The summed E-state index contributed by atoms with van der Waals surface area (Å²) in [5.41, 5.74) is 0. The largest absolute Gasteiger partial charge is 0.489 e. The highest BCUT2D eigenvalue weighted by molar-refractivity contribution is 6.30. The van der Waals surface area contributed by atoms with E-state index in [0.717, 1.165) is 31.6 Å². The molecule has 3 heteroatoms. The van der Waals surface area contributed by atoms with Crippen LogP contribution in [0.1, 0.15) is 40.0 Å². The van der Waals surface area contributed by atoms with E-state index in [1.54, 1.807) is 0 Å². The van der Waals surface area contributed by atoms with Crippen LogP contribution in [0, 0.1) is 0 Å². The summed E-state index contributed by atoms with van der Waals surface area (Å²) in [4.78, 5) is 0. The lowest BCUT2D eigenvalue weighted by molar-refractivity contribution is 0.164. The second-order valence-corrected chi connectivity index (χ2v) is 5.07. The fraction of sp³-hybridized carbons (Fsp3) is 0.600. The summed E-state index contributed by atoms with van der Waals surface area (Å²) < 4.78 is 5.96. The highest BCUT2D eigenvalue weighted by atomic mass is 35.5. The molecule has 0 aliphatic carbocycles. The van der Waals surface area contributed by atoms with Gasteiger partial charge >= 0.3 is 0 Å². The molecule has 0 aliphatic rings. The zero-order valence-electron chi connectivity index (χ0n) is 11.6. The zero-order valence-corrected chi connectivity index (χ0v) is 12.3. The van der Waals surface area contributed by atoms with Gasteiger partial charge in [-0.05, 0) is 44.5 Å². The lowest BCUT2D eigenvalue weighted by Crippen LogP contribution is -2.41. The normalized spacial score (nSPS) is 14.2. The molecule has 1 aromatic rings. The Morgan fingerprint density at radius 1 is 1.28 bits per heavy atom. The summed E-state index contributed by atoms with van der Waals surface area (Å²) in [7, 11) is 0. The molecule has 1 N–H and O–H groups in total. The first-order valence-electron chi connectivity index (χ1n) is 6.83. The van der Waals surface area contributed by atoms with Crippen LogP contribution in [-0.4, -0.2) is 18.7 Å². The highest BCUT2D eigenvalue weighted by Crippen LogP contribution is 2.19. The summed E-state index contributed by atoms with van der Waals surface area (Å²) >= 11 is 5.96. The van der Waals surface area contributed by atoms with Gasteiger partial charge in [-0.3, -0.25) is 0 Å². The van der Waals surface area contributed by atoms with Crippen molar-refractivity contribution in [1.29, 1.82) is 0 Å². The van der Waals surface area contributed by atoms with E-state index in [1.165, 1.54) is 0 Å². The minimum atomic E-state index is 0.148. The molecule has 0 saturated carbocycles. The summed E-state index contributed by atoms with van der Waals surface area (Å²) in [6, 6.07) is 7.98. The molecule has 0 heterocycles. The van der Waals surface area contributed by atoms with Crippen molar-refractivity contribution < 1.29 is 4.74 Å². The molecule has 1 aromatic carbocycles. The van der Waals surface area contributed by atoms with Crippen molar-refractivity contribution in [3.8, 4) is 5.75 Å². The van der Waals surface area contributed by atoms with Gasteiger partial charge in [-0.25, -0.2) is 0 Å². The molecule has 0 bridgehead atoms. The van der Waals surface area contributed by atoms with Gasteiger partial charge in [0.15, 0.2) is 0 Å². The van der Waals surface area contributed by atoms with Crippen LogP contribution in [-0.2, 0) is 0 Å². The second-order valence-electron chi connectivity index (χ2n) is 4.63. The average Bonchev–Trinajstić information content (AvgIpc) is 2.34. The summed E-state index contributed by atoms with van der Waals surface area (Å²) in [6.45, 7) is 7.53. The highest BCUT2D eigenvalue weighted by Gasteiger charge is 2.17. The molecule has 102 valence electrons. The molecule has 0 amide bonds. The fourth-order valence-electron chi connectivity index (χ4n) is 1.98. The average molecular weight is 270 g/mol. The predicted octanol–water partition coefficient (Wildman–Crippen LogP) is 4.28. The minimum absolute atomic E-state index is 0.148. The first kappa shape index (κ1) is 15.3. The number of hydrogen-bond donors (Lipinski definition) is 1. The van der Waals surface area contributed by atoms with E-state index in [4.69, 9.17) is 16.3 Å². The quantitative estimate of drug-likeness (QED) is 0.761. The number of benzene rings is 1. The Balaban J connectivity index is 2.56. The number of hydrogen-bond acceptors (Lipinski definition) is 2. The Bertz CT molecular complexity index is 343. The maximum atomic E-state index is 5.96. The van der Waals surface area contributed by atoms with Crippen molar-refractivity contribution in [2.24, 2.45) is 0 Å². The van der Waals surface area contributed by atoms with Gasteiger partial charge in [0, 0.05) is 11.1 Å². The smallest absolute Gasteiger partial charge is 0.121 e. The van der Waals surface area contributed by atoms with Crippen molar-refractivity contribution in [2.75, 3.05) is 6.54 Å². The van der Waals surface area contributed by atoms with Gasteiger partial charge in [-0.2, -0.15) is 0 Å². The molecule has 1 rings (SSSR count). The van der Waals surface area contributed by atoms with Gasteiger partial charge in [0.25, 0.3) is 0 Å². The van der Waals surface area contributed by atoms with E-state index in [1.807, 2.05) is 24.3 Å². The number of nitrogens with one attached hydrogen (secondary N) is 1. The standard InChI is InChI=1S/C15H24ClNO/c1-4-7-15(17-10-5-2)12(3)18-14-9-6-8-13(16)11-14/h6,8-9,11-12,15,17H,4-5,7,10H2,1-3H3. The summed E-state index contributed by atoms with van der Waals surface area (Å²) in [5.74, 6) is 0.842. The van der Waals surface area contributed by atoms with Gasteiger partial charge < -0.3 is 10.1 Å². The van der Waals surface area contributed by atoms with Crippen LogP contribution in [0.4, 0.5) is 0 Å². The fourth-order valence-corrected chi connectivity index (χ4v) is 2.16. The third kappa shape index (κ3) is 5.28. The van der Waals surface area contributed by atoms with Crippen LogP contribution in [0.5, 0.6) is 5.75 Å². The van der Waals surface area contributed by atoms with E-state index >= 15 is 0 Å². The second kappa shape index (κ2) is 8.39. The molecule has 0 radical (unpaired) electrons. The molecule has 18 heavy (non-hydrogen) atoms. The van der Waals surface area contributed by atoms with Crippen molar-refractivity contribution in [1.82, 2.24) is 5.32 Å². The van der Waals surface area contributed by atoms with Crippen molar-refractivity contribution in [2.45, 2.75) is 52.2 Å². The van der Waals surface area contributed by atoms with E-state index in [0.29, 0.717) is 11.1 Å². The summed E-state index contributed by atoms with van der Waals surface area (Å²) in [6.07, 6.45) is 3.58. The van der Waals surface area contributed by atoms with E-state index < -0.39 is 0 Å². The molecule has 0 aliphatic heterocycles. The maximum absolute atomic E-state index is 5.96. The maximum Gasteiger partial charge on any atom is 0.121 e. The topological polar surface area (TPSA) is 21.3 Å². The Hall–Kier alpha value is -0.730. The van der Waals surface area contributed by atoms with E-state index in [-0.39, 0.29) is 6.10 Å². The third-order valence-electron chi connectivity index (χ3n) is 2.94. The summed E-state index contributed by atoms with van der Waals surface area (Å²) in [5, 5.41) is 4.26. The lowest BCUT2D eigenvalue weighted by atomic mass is 10.1. The Morgan fingerprint density at radius 3 is 2.67 bits per heavy atom. The predicted molar refractivity (Wildman–Crippen MR) is 78.5 cm³/mol. The van der Waals surface area contributed by atoms with Crippen LogP contribution in [0.3, 0.4) is 0 Å². The number of ether oxygens (including phenoxy) is 1. The van der Waals surface area contributed by atoms with Crippen molar-refractivity contribution in [3.05, 3.63) is 29.3 Å². The minimum Gasteiger partial charge on any atom is -0.489 e. The van der Waals surface area contributed by atoms with Crippen LogP contribution < -0.4 is 10.1 Å². The first-order chi connectivity index (χ1) is 8.67. The third-order valence-corrected chi connectivity index (χ3v) is 3.18. The van der Waals surface area contributed by atoms with Crippen molar-refractivity contribution in [3.63, 3.8) is 0 Å². The molecular weight excluding hydrogens is 246 g/mol. The molecular formula is C15H24ClNO. The molecule has 2 nitrogen and oxygen atoms in total.